The number of amides is 3. The van der Waals surface area contributed by atoms with Gasteiger partial charge in [-0.25, -0.2) is 0 Å². The van der Waals surface area contributed by atoms with Crippen LogP contribution in [-0.2, 0) is 16.2 Å². The summed E-state index contributed by atoms with van der Waals surface area (Å²) in [5, 5.41) is 9.06. The maximum absolute atomic E-state index is 13.5. The SMILES string of the molecule is Cc1ccc(Cl)cc1NC(=O)CSc1cccc(NC(=O)/C(=C\c2ccc(OCc3ccccc3)cc2)NC(=O)c2ccccc2)c1. The summed E-state index contributed by atoms with van der Waals surface area (Å²) in [5.41, 5.74) is 4.31. The summed E-state index contributed by atoms with van der Waals surface area (Å²) in [4.78, 5) is 40.0. The first kappa shape index (κ1) is 33.1. The number of benzene rings is 5. The normalized spacial score (nSPS) is 11.0. The largest absolute Gasteiger partial charge is 0.489 e. The molecule has 47 heavy (non-hydrogen) atoms. The summed E-state index contributed by atoms with van der Waals surface area (Å²) in [5.74, 6) is -0.265. The maximum atomic E-state index is 13.5. The Morgan fingerprint density at radius 1 is 0.787 bits per heavy atom. The van der Waals surface area contributed by atoms with E-state index in [9.17, 15) is 14.4 Å². The van der Waals surface area contributed by atoms with Crippen LogP contribution in [0.15, 0.2) is 138 Å². The molecule has 0 aliphatic carbocycles. The second-order valence-electron chi connectivity index (χ2n) is 10.5. The molecular formula is C38H32ClN3O4S. The molecule has 3 amide bonds. The fraction of sp³-hybridized carbons (Fsp3) is 0.0789. The minimum absolute atomic E-state index is 0.0612. The Labute approximate surface area is 283 Å². The fourth-order valence-electron chi connectivity index (χ4n) is 4.44. The third-order valence-corrected chi connectivity index (χ3v) is 8.13. The summed E-state index contributed by atoms with van der Waals surface area (Å²) in [6.07, 6.45) is 1.61. The van der Waals surface area contributed by atoms with E-state index in [0.717, 1.165) is 16.0 Å². The van der Waals surface area contributed by atoms with Crippen molar-refractivity contribution in [1.29, 1.82) is 0 Å². The zero-order chi connectivity index (χ0) is 33.0. The van der Waals surface area contributed by atoms with Gasteiger partial charge in [0, 0.05) is 26.9 Å². The van der Waals surface area contributed by atoms with Gasteiger partial charge in [-0.15, -0.1) is 11.8 Å². The highest BCUT2D eigenvalue weighted by Crippen LogP contribution is 2.24. The molecular weight excluding hydrogens is 630 g/mol. The Hall–Kier alpha value is -5.31. The van der Waals surface area contributed by atoms with Crippen LogP contribution in [0.2, 0.25) is 5.02 Å². The lowest BCUT2D eigenvalue weighted by Crippen LogP contribution is -2.30. The molecule has 0 saturated heterocycles. The van der Waals surface area contributed by atoms with Gasteiger partial charge in [0.1, 0.15) is 18.1 Å². The standard InChI is InChI=1S/C38H32ClN3O4S/c1-26-15-18-30(39)22-34(26)41-36(43)25-47-33-14-8-13-31(23-33)40-38(45)35(42-37(44)29-11-6-3-7-12-29)21-27-16-19-32(20-17-27)46-24-28-9-4-2-5-10-28/h2-23H,24-25H2,1H3,(H,40,45)(H,41,43)(H,42,44)/b35-21+. The Morgan fingerprint density at radius 3 is 2.26 bits per heavy atom. The summed E-state index contributed by atoms with van der Waals surface area (Å²) in [6, 6.07) is 38.3. The number of ether oxygens (including phenoxy) is 1. The van der Waals surface area contributed by atoms with Crippen molar-refractivity contribution in [3.8, 4) is 5.75 Å². The van der Waals surface area contributed by atoms with E-state index < -0.39 is 11.8 Å². The van der Waals surface area contributed by atoms with Crippen LogP contribution in [0.5, 0.6) is 5.75 Å². The van der Waals surface area contributed by atoms with E-state index in [2.05, 4.69) is 16.0 Å². The Kier molecular flexibility index (Phi) is 11.5. The van der Waals surface area contributed by atoms with Gasteiger partial charge in [0.15, 0.2) is 0 Å². The van der Waals surface area contributed by atoms with Crippen LogP contribution in [0.4, 0.5) is 11.4 Å². The van der Waals surface area contributed by atoms with Crippen molar-refractivity contribution in [3.63, 3.8) is 0 Å². The fourth-order valence-corrected chi connectivity index (χ4v) is 5.36. The first-order valence-electron chi connectivity index (χ1n) is 14.8. The Bertz CT molecular complexity index is 1880. The zero-order valence-corrected chi connectivity index (χ0v) is 27.1. The van der Waals surface area contributed by atoms with Crippen LogP contribution < -0.4 is 20.7 Å². The average Bonchev–Trinajstić information content (AvgIpc) is 3.09. The molecule has 5 rings (SSSR count). The lowest BCUT2D eigenvalue weighted by molar-refractivity contribution is -0.114. The van der Waals surface area contributed by atoms with E-state index in [1.165, 1.54) is 11.8 Å². The quantitative estimate of drug-likeness (QED) is 0.0922. The minimum atomic E-state index is -0.505. The van der Waals surface area contributed by atoms with Crippen molar-refractivity contribution >= 4 is 58.5 Å². The summed E-state index contributed by atoms with van der Waals surface area (Å²) < 4.78 is 5.88. The number of carbonyl (C=O) groups is 3. The number of carbonyl (C=O) groups excluding carboxylic acids is 3. The van der Waals surface area contributed by atoms with Crippen molar-refractivity contribution in [3.05, 3.63) is 160 Å². The second kappa shape index (κ2) is 16.3. The van der Waals surface area contributed by atoms with E-state index in [0.29, 0.717) is 39.9 Å². The lowest BCUT2D eigenvalue weighted by atomic mass is 10.1. The summed E-state index contributed by atoms with van der Waals surface area (Å²) in [6.45, 7) is 2.33. The van der Waals surface area contributed by atoms with Crippen LogP contribution in [-0.4, -0.2) is 23.5 Å². The van der Waals surface area contributed by atoms with Gasteiger partial charge >= 0.3 is 0 Å². The molecule has 236 valence electrons. The number of aryl methyl sites for hydroxylation is 1. The maximum Gasteiger partial charge on any atom is 0.272 e. The number of rotatable bonds is 12. The molecule has 3 N–H and O–H groups in total. The number of hydrogen-bond donors (Lipinski definition) is 3. The van der Waals surface area contributed by atoms with E-state index in [4.69, 9.17) is 16.3 Å². The molecule has 0 aromatic heterocycles. The summed E-state index contributed by atoms with van der Waals surface area (Å²) in [7, 11) is 0. The van der Waals surface area contributed by atoms with Crippen LogP contribution in [0.1, 0.15) is 27.0 Å². The van der Waals surface area contributed by atoms with Crippen LogP contribution >= 0.6 is 23.4 Å². The summed E-state index contributed by atoms with van der Waals surface area (Å²) >= 11 is 7.40. The molecule has 0 saturated carbocycles. The Balaban J connectivity index is 1.26. The first-order valence-corrected chi connectivity index (χ1v) is 16.1. The predicted molar refractivity (Wildman–Crippen MR) is 190 cm³/mol. The highest BCUT2D eigenvalue weighted by atomic mass is 35.5. The molecule has 0 aliphatic rings. The van der Waals surface area contributed by atoms with Crippen molar-refractivity contribution in [2.75, 3.05) is 16.4 Å². The monoisotopic (exact) mass is 661 g/mol. The van der Waals surface area contributed by atoms with Gasteiger partial charge in [0.05, 0.1) is 5.75 Å². The molecule has 0 radical (unpaired) electrons. The topological polar surface area (TPSA) is 96.5 Å². The predicted octanol–water partition coefficient (Wildman–Crippen LogP) is 8.37. The number of halogens is 1. The lowest BCUT2D eigenvalue weighted by Gasteiger charge is -2.13. The molecule has 0 fully saturated rings. The molecule has 5 aromatic carbocycles. The molecule has 9 heteroatoms. The zero-order valence-electron chi connectivity index (χ0n) is 25.5. The number of hydrogen-bond acceptors (Lipinski definition) is 5. The molecule has 0 unspecified atom stereocenters. The highest BCUT2D eigenvalue weighted by Gasteiger charge is 2.16. The van der Waals surface area contributed by atoms with Crippen LogP contribution in [0.25, 0.3) is 6.08 Å². The van der Waals surface area contributed by atoms with Gasteiger partial charge in [-0.1, -0.05) is 84.4 Å². The minimum Gasteiger partial charge on any atom is -0.489 e. The van der Waals surface area contributed by atoms with E-state index in [-0.39, 0.29) is 17.4 Å². The van der Waals surface area contributed by atoms with Gasteiger partial charge in [0.2, 0.25) is 5.91 Å². The number of thioether (sulfide) groups is 1. The van der Waals surface area contributed by atoms with Crippen molar-refractivity contribution < 1.29 is 19.1 Å². The average molecular weight is 662 g/mol. The van der Waals surface area contributed by atoms with Gasteiger partial charge in [-0.2, -0.15) is 0 Å². The first-order chi connectivity index (χ1) is 22.8. The van der Waals surface area contributed by atoms with Gasteiger partial charge in [-0.3, -0.25) is 14.4 Å². The molecule has 5 aromatic rings. The van der Waals surface area contributed by atoms with Crippen molar-refractivity contribution in [1.82, 2.24) is 5.32 Å². The van der Waals surface area contributed by atoms with Gasteiger partial charge < -0.3 is 20.7 Å². The second-order valence-corrected chi connectivity index (χ2v) is 12.0. The third kappa shape index (κ3) is 10.1. The molecule has 0 spiro atoms. The van der Waals surface area contributed by atoms with Crippen molar-refractivity contribution in [2.45, 2.75) is 18.4 Å². The van der Waals surface area contributed by atoms with Crippen molar-refractivity contribution in [2.24, 2.45) is 0 Å². The molecule has 7 nitrogen and oxygen atoms in total. The molecule has 0 heterocycles. The Morgan fingerprint density at radius 2 is 1.51 bits per heavy atom. The third-order valence-electron chi connectivity index (χ3n) is 6.90. The number of anilines is 2. The number of nitrogens with one attached hydrogen (secondary N) is 3. The van der Waals surface area contributed by atoms with Gasteiger partial charge in [-0.05, 0) is 84.3 Å². The van der Waals surface area contributed by atoms with E-state index in [1.807, 2.05) is 79.7 Å². The van der Waals surface area contributed by atoms with E-state index >= 15 is 0 Å². The van der Waals surface area contributed by atoms with E-state index in [1.54, 1.807) is 60.7 Å². The molecule has 0 aliphatic heterocycles. The molecule has 0 atom stereocenters. The van der Waals surface area contributed by atoms with Crippen LogP contribution in [0, 0.1) is 6.92 Å². The molecule has 0 bridgehead atoms. The smallest absolute Gasteiger partial charge is 0.272 e. The van der Waals surface area contributed by atoms with Crippen LogP contribution in [0.3, 0.4) is 0 Å². The van der Waals surface area contributed by atoms with Gasteiger partial charge in [0.25, 0.3) is 11.8 Å². The highest BCUT2D eigenvalue weighted by molar-refractivity contribution is 8.00.